The molecule has 0 fully saturated rings. The Hall–Kier alpha value is -1.42. The molecule has 1 unspecified atom stereocenters. The number of fused-ring (bicyclic) bond motifs is 1. The Balaban J connectivity index is 1.88. The first kappa shape index (κ1) is 12.6. The average Bonchev–Trinajstić information content (AvgIpc) is 2.82. The molecule has 19 heavy (non-hydrogen) atoms. The lowest BCUT2D eigenvalue weighted by molar-refractivity contribution is 0.571. The van der Waals surface area contributed by atoms with Gasteiger partial charge in [-0.3, -0.25) is 4.68 Å². The summed E-state index contributed by atoms with van der Waals surface area (Å²) < 4.78 is 2.02. The second kappa shape index (κ2) is 5.29. The van der Waals surface area contributed by atoms with Gasteiger partial charge in [-0.2, -0.15) is 5.10 Å². The minimum absolute atomic E-state index is 0.394. The molecule has 1 heterocycles. The third kappa shape index (κ3) is 2.37. The van der Waals surface area contributed by atoms with Gasteiger partial charge in [-0.25, -0.2) is 0 Å². The third-order valence-electron chi connectivity index (χ3n) is 3.81. The molecule has 100 valence electrons. The van der Waals surface area contributed by atoms with Crippen molar-refractivity contribution in [1.29, 1.82) is 0 Å². The van der Waals surface area contributed by atoms with Gasteiger partial charge in [0.25, 0.3) is 0 Å². The van der Waals surface area contributed by atoms with Gasteiger partial charge in [0.15, 0.2) is 0 Å². The van der Waals surface area contributed by atoms with Crippen LogP contribution in [-0.2, 0) is 13.5 Å². The van der Waals surface area contributed by atoms with Gasteiger partial charge in [-0.15, -0.1) is 11.8 Å². The number of thioether (sulfide) groups is 1. The van der Waals surface area contributed by atoms with E-state index in [0.29, 0.717) is 6.04 Å². The van der Waals surface area contributed by atoms with Crippen LogP contribution in [-0.4, -0.2) is 16.0 Å². The Bertz CT molecular complexity index is 577. The van der Waals surface area contributed by atoms with E-state index in [9.17, 15) is 0 Å². The summed E-state index contributed by atoms with van der Waals surface area (Å²) in [6.07, 6.45) is 7.70. The van der Waals surface area contributed by atoms with Crippen LogP contribution in [0.15, 0.2) is 35.4 Å². The Morgan fingerprint density at radius 3 is 3.05 bits per heavy atom. The first-order valence-electron chi connectivity index (χ1n) is 6.70. The van der Waals surface area contributed by atoms with Gasteiger partial charge < -0.3 is 5.32 Å². The predicted molar refractivity (Wildman–Crippen MR) is 80.7 cm³/mol. The van der Waals surface area contributed by atoms with E-state index in [2.05, 4.69) is 40.9 Å². The van der Waals surface area contributed by atoms with Crippen LogP contribution in [0.4, 0.5) is 5.69 Å². The van der Waals surface area contributed by atoms with Crippen molar-refractivity contribution in [3.8, 4) is 0 Å². The van der Waals surface area contributed by atoms with E-state index in [1.54, 1.807) is 11.8 Å². The van der Waals surface area contributed by atoms with Gasteiger partial charge in [0.1, 0.15) is 0 Å². The molecule has 3 rings (SSSR count). The first-order chi connectivity index (χ1) is 9.29. The second-order valence-electron chi connectivity index (χ2n) is 4.96. The standard InChI is InChI=1S/C15H19N3S/c1-18-14-8-5-7-12(11(14)10-16-18)17-13-6-3-4-9-15(13)19-2/h3-4,6,9-10,12,17H,5,7-8H2,1-2H3. The number of rotatable bonds is 3. The first-order valence-corrected chi connectivity index (χ1v) is 7.92. The molecule has 0 radical (unpaired) electrons. The topological polar surface area (TPSA) is 29.9 Å². The van der Waals surface area contributed by atoms with E-state index in [0.717, 1.165) is 6.42 Å². The van der Waals surface area contributed by atoms with Crippen molar-refractivity contribution in [2.75, 3.05) is 11.6 Å². The van der Waals surface area contributed by atoms with Crippen LogP contribution in [0.3, 0.4) is 0 Å². The number of nitrogens with zero attached hydrogens (tertiary/aromatic N) is 2. The quantitative estimate of drug-likeness (QED) is 0.866. The van der Waals surface area contributed by atoms with Crippen molar-refractivity contribution in [2.45, 2.75) is 30.2 Å². The molecule has 3 nitrogen and oxygen atoms in total. The lowest BCUT2D eigenvalue weighted by atomic mass is 9.93. The number of anilines is 1. The van der Waals surface area contributed by atoms with Crippen LogP contribution in [0.25, 0.3) is 0 Å². The van der Waals surface area contributed by atoms with Gasteiger partial charge in [-0.1, -0.05) is 12.1 Å². The summed E-state index contributed by atoms with van der Waals surface area (Å²) >= 11 is 1.79. The fourth-order valence-corrected chi connectivity index (χ4v) is 3.37. The lowest BCUT2D eigenvalue weighted by Gasteiger charge is -2.25. The number of benzene rings is 1. The van der Waals surface area contributed by atoms with Crippen LogP contribution >= 0.6 is 11.8 Å². The van der Waals surface area contributed by atoms with Crippen LogP contribution < -0.4 is 5.32 Å². The highest BCUT2D eigenvalue weighted by Crippen LogP contribution is 2.34. The van der Waals surface area contributed by atoms with E-state index in [-0.39, 0.29) is 0 Å². The Morgan fingerprint density at radius 1 is 1.37 bits per heavy atom. The van der Waals surface area contributed by atoms with E-state index < -0.39 is 0 Å². The highest BCUT2D eigenvalue weighted by atomic mass is 32.2. The van der Waals surface area contributed by atoms with Crippen molar-refractivity contribution >= 4 is 17.4 Å². The maximum atomic E-state index is 4.40. The number of aryl methyl sites for hydroxylation is 1. The fourth-order valence-electron chi connectivity index (χ4n) is 2.81. The molecule has 0 aliphatic heterocycles. The number of hydrogen-bond acceptors (Lipinski definition) is 3. The largest absolute Gasteiger partial charge is 0.377 e. The molecule has 0 bridgehead atoms. The molecule has 1 atom stereocenters. The zero-order valence-electron chi connectivity index (χ0n) is 11.4. The summed E-state index contributed by atoms with van der Waals surface area (Å²) in [6, 6.07) is 8.91. The molecule has 1 aromatic carbocycles. The van der Waals surface area contributed by atoms with Gasteiger partial charge in [0, 0.05) is 28.9 Å². The Morgan fingerprint density at radius 2 is 2.21 bits per heavy atom. The molecule has 4 heteroatoms. The maximum Gasteiger partial charge on any atom is 0.0548 e. The van der Waals surface area contributed by atoms with Crippen molar-refractivity contribution < 1.29 is 0 Å². The zero-order valence-corrected chi connectivity index (χ0v) is 12.2. The summed E-state index contributed by atoms with van der Waals surface area (Å²) in [4.78, 5) is 1.30. The molecule has 0 spiro atoms. The highest BCUT2D eigenvalue weighted by molar-refractivity contribution is 7.98. The normalized spacial score (nSPS) is 18.1. The average molecular weight is 273 g/mol. The van der Waals surface area contributed by atoms with Crippen molar-refractivity contribution in [2.24, 2.45) is 7.05 Å². The molecule has 1 N–H and O–H groups in total. The number of nitrogens with one attached hydrogen (secondary N) is 1. The minimum Gasteiger partial charge on any atom is -0.377 e. The number of aromatic nitrogens is 2. The van der Waals surface area contributed by atoms with Crippen LogP contribution in [0, 0.1) is 0 Å². The van der Waals surface area contributed by atoms with E-state index >= 15 is 0 Å². The fraction of sp³-hybridized carbons (Fsp3) is 0.400. The van der Waals surface area contributed by atoms with Crippen molar-refractivity contribution in [3.05, 3.63) is 41.7 Å². The van der Waals surface area contributed by atoms with Crippen molar-refractivity contribution in [3.63, 3.8) is 0 Å². The lowest BCUT2D eigenvalue weighted by Crippen LogP contribution is -2.18. The molecule has 1 aliphatic rings. The molecular formula is C15H19N3S. The van der Waals surface area contributed by atoms with Gasteiger partial charge in [-0.05, 0) is 37.7 Å². The molecule has 1 aromatic heterocycles. The Kier molecular flexibility index (Phi) is 3.51. The third-order valence-corrected chi connectivity index (χ3v) is 4.61. The minimum atomic E-state index is 0.394. The predicted octanol–water partition coefficient (Wildman–Crippen LogP) is 3.63. The summed E-state index contributed by atoms with van der Waals surface area (Å²) in [6.45, 7) is 0. The molecule has 2 aromatic rings. The summed E-state index contributed by atoms with van der Waals surface area (Å²) in [5.74, 6) is 0. The van der Waals surface area contributed by atoms with Gasteiger partial charge in [0.05, 0.1) is 12.2 Å². The van der Waals surface area contributed by atoms with E-state index in [4.69, 9.17) is 0 Å². The van der Waals surface area contributed by atoms with Crippen LogP contribution in [0.2, 0.25) is 0 Å². The molecule has 0 saturated heterocycles. The molecular weight excluding hydrogens is 254 g/mol. The van der Waals surface area contributed by atoms with Gasteiger partial charge >= 0.3 is 0 Å². The number of para-hydroxylation sites is 1. The summed E-state index contributed by atoms with van der Waals surface area (Å²) in [7, 11) is 2.04. The Labute approximate surface area is 118 Å². The monoisotopic (exact) mass is 273 g/mol. The summed E-state index contributed by atoms with van der Waals surface area (Å²) in [5.41, 5.74) is 3.98. The second-order valence-corrected chi connectivity index (χ2v) is 5.81. The van der Waals surface area contributed by atoms with E-state index in [1.165, 1.54) is 34.7 Å². The summed E-state index contributed by atoms with van der Waals surface area (Å²) in [5, 5.41) is 8.10. The van der Waals surface area contributed by atoms with Crippen LogP contribution in [0.5, 0.6) is 0 Å². The van der Waals surface area contributed by atoms with Gasteiger partial charge in [0.2, 0.25) is 0 Å². The molecule has 0 saturated carbocycles. The number of hydrogen-bond donors (Lipinski definition) is 1. The van der Waals surface area contributed by atoms with E-state index in [1.807, 2.05) is 17.9 Å². The maximum absolute atomic E-state index is 4.40. The molecule has 1 aliphatic carbocycles. The SMILES string of the molecule is CSc1ccccc1NC1CCCc2c1cnn2C. The highest BCUT2D eigenvalue weighted by Gasteiger charge is 2.23. The zero-order chi connectivity index (χ0) is 13.2. The van der Waals surface area contributed by atoms with Crippen molar-refractivity contribution in [1.82, 2.24) is 9.78 Å². The van der Waals surface area contributed by atoms with Crippen LogP contribution in [0.1, 0.15) is 30.1 Å². The smallest absolute Gasteiger partial charge is 0.0548 e. The molecule has 0 amide bonds.